The van der Waals surface area contributed by atoms with Crippen LogP contribution in [0, 0.1) is 22.4 Å². The van der Waals surface area contributed by atoms with Crippen molar-refractivity contribution in [1.82, 2.24) is 4.73 Å². The van der Waals surface area contributed by atoms with Crippen molar-refractivity contribution in [3.63, 3.8) is 0 Å². The Hall–Kier alpha value is -1.16. The minimum absolute atomic E-state index is 0.0659. The highest BCUT2D eigenvalue weighted by atomic mass is 32.1. The molecule has 3 nitrogen and oxygen atoms in total. The van der Waals surface area contributed by atoms with Crippen molar-refractivity contribution in [3.05, 3.63) is 29.0 Å². The molecule has 0 aliphatic heterocycles. The third-order valence-electron chi connectivity index (χ3n) is 4.85. The van der Waals surface area contributed by atoms with Gasteiger partial charge in [-0.05, 0) is 36.8 Å². The Morgan fingerprint density at radius 1 is 1.15 bits per heavy atom. The largest absolute Gasteiger partial charge is 0.336 e. The minimum atomic E-state index is -0.0936. The fraction of sp³-hybridized carbons (Fsp3) is 0.625. The molecule has 0 bridgehead atoms. The molecule has 0 N–H and O–H groups in total. The van der Waals surface area contributed by atoms with E-state index in [1.807, 2.05) is 12.1 Å². The molecule has 2 saturated carbocycles. The molecular weight excluding hydrogens is 270 g/mol. The first kappa shape index (κ1) is 13.8. The van der Waals surface area contributed by atoms with Crippen LogP contribution in [0.4, 0.5) is 0 Å². The molecule has 0 spiro atoms. The quantitative estimate of drug-likeness (QED) is 0.777. The number of carbonyl (C=O) groups is 1. The number of hydrogen-bond acceptors (Lipinski definition) is 3. The second kappa shape index (κ2) is 6.08. The molecule has 1 aromatic heterocycles. The molecule has 2 fully saturated rings. The van der Waals surface area contributed by atoms with E-state index in [1.165, 1.54) is 36.8 Å². The van der Waals surface area contributed by atoms with E-state index in [0.29, 0.717) is 10.6 Å². The van der Waals surface area contributed by atoms with Gasteiger partial charge < -0.3 is 4.84 Å². The lowest BCUT2D eigenvalue weighted by atomic mass is 9.65. The highest BCUT2D eigenvalue weighted by Crippen LogP contribution is 2.43. The lowest BCUT2D eigenvalue weighted by molar-refractivity contribution is -0.154. The van der Waals surface area contributed by atoms with Crippen LogP contribution >= 0.6 is 12.2 Å². The van der Waals surface area contributed by atoms with Crippen molar-refractivity contribution in [1.29, 1.82) is 0 Å². The Kier molecular flexibility index (Phi) is 4.20. The summed E-state index contributed by atoms with van der Waals surface area (Å²) >= 11 is 5.17. The Morgan fingerprint density at radius 2 is 1.95 bits per heavy atom. The fourth-order valence-electron chi connectivity index (χ4n) is 3.88. The maximum Gasteiger partial charge on any atom is 0.336 e. The summed E-state index contributed by atoms with van der Waals surface area (Å²) in [6.45, 7) is 0. The predicted octanol–water partition coefficient (Wildman–Crippen LogP) is 3.78. The number of hydrogen-bond donors (Lipinski definition) is 0. The normalized spacial score (nSPS) is 29.5. The van der Waals surface area contributed by atoms with E-state index in [9.17, 15) is 4.79 Å². The summed E-state index contributed by atoms with van der Waals surface area (Å²) in [6.07, 6.45) is 10.2. The minimum Gasteiger partial charge on any atom is -0.335 e. The number of carbonyl (C=O) groups excluding carboxylic acids is 1. The van der Waals surface area contributed by atoms with Gasteiger partial charge in [-0.15, -0.1) is 0 Å². The summed E-state index contributed by atoms with van der Waals surface area (Å²) in [5, 5.41) is 0. The first-order valence-corrected chi connectivity index (χ1v) is 8.06. The summed E-state index contributed by atoms with van der Waals surface area (Å²) in [6, 6.07) is 5.45. The van der Waals surface area contributed by atoms with Crippen LogP contribution in [-0.4, -0.2) is 10.7 Å². The van der Waals surface area contributed by atoms with Gasteiger partial charge in [0.2, 0.25) is 0 Å². The lowest BCUT2D eigenvalue weighted by Gasteiger charge is -2.39. The van der Waals surface area contributed by atoms with Crippen LogP contribution in [0.2, 0.25) is 0 Å². The van der Waals surface area contributed by atoms with Gasteiger partial charge in [0.15, 0.2) is 0 Å². The first-order valence-electron chi connectivity index (χ1n) is 7.65. The van der Waals surface area contributed by atoms with Crippen LogP contribution in [0.25, 0.3) is 0 Å². The number of rotatable bonds is 2. The average molecular weight is 291 g/mol. The van der Waals surface area contributed by atoms with Gasteiger partial charge in [-0.2, -0.15) is 4.73 Å². The number of fused-ring (bicyclic) bond motifs is 1. The molecule has 3 atom stereocenters. The lowest BCUT2D eigenvalue weighted by Crippen LogP contribution is -2.39. The molecule has 0 amide bonds. The summed E-state index contributed by atoms with van der Waals surface area (Å²) in [4.78, 5) is 18.0. The topological polar surface area (TPSA) is 31.2 Å². The number of nitrogens with zero attached hydrogens (tertiary/aromatic N) is 1. The highest BCUT2D eigenvalue weighted by molar-refractivity contribution is 7.71. The Bertz CT molecular complexity index is 537. The van der Waals surface area contributed by atoms with Gasteiger partial charge in [-0.1, -0.05) is 50.4 Å². The predicted molar refractivity (Wildman–Crippen MR) is 79.6 cm³/mol. The Balaban J connectivity index is 1.73. The molecule has 3 rings (SSSR count). The maximum atomic E-state index is 12.5. The fourth-order valence-corrected chi connectivity index (χ4v) is 4.06. The van der Waals surface area contributed by atoms with Crippen LogP contribution < -0.4 is 4.84 Å². The van der Waals surface area contributed by atoms with Gasteiger partial charge in [-0.3, -0.25) is 0 Å². The maximum absolute atomic E-state index is 12.5. The van der Waals surface area contributed by atoms with Gasteiger partial charge in [0.05, 0.1) is 5.92 Å². The van der Waals surface area contributed by atoms with Crippen LogP contribution in [-0.2, 0) is 4.79 Å². The third-order valence-corrected chi connectivity index (χ3v) is 5.17. The van der Waals surface area contributed by atoms with Gasteiger partial charge in [0.25, 0.3) is 0 Å². The molecule has 0 aromatic carbocycles. The summed E-state index contributed by atoms with van der Waals surface area (Å²) < 4.78 is 1.96. The van der Waals surface area contributed by atoms with Crippen LogP contribution in [0.3, 0.4) is 0 Å². The molecule has 1 aromatic rings. The molecule has 4 heteroatoms. The van der Waals surface area contributed by atoms with Crippen molar-refractivity contribution in [2.24, 2.45) is 17.8 Å². The van der Waals surface area contributed by atoms with Crippen molar-refractivity contribution < 1.29 is 9.63 Å². The molecule has 20 heavy (non-hydrogen) atoms. The highest BCUT2D eigenvalue weighted by Gasteiger charge is 2.39. The van der Waals surface area contributed by atoms with Crippen molar-refractivity contribution in [2.45, 2.75) is 44.9 Å². The van der Waals surface area contributed by atoms with Gasteiger partial charge >= 0.3 is 5.97 Å². The van der Waals surface area contributed by atoms with E-state index in [4.69, 9.17) is 17.1 Å². The van der Waals surface area contributed by atoms with Gasteiger partial charge in [0, 0.05) is 6.20 Å². The molecule has 1 unspecified atom stereocenters. The zero-order valence-electron chi connectivity index (χ0n) is 11.7. The standard InChI is InChI=1S/C16H21NO2S/c18-16(19-17-11-4-3-10-15(17)20)14-9-5-7-12-6-1-2-8-13(12)14/h3-4,10-14H,1-2,5-9H2/t12-,13-,14?/m0/s1. The van der Waals surface area contributed by atoms with Crippen LogP contribution in [0.5, 0.6) is 0 Å². The molecular formula is C16H21NO2S. The first-order chi connectivity index (χ1) is 9.75. The Morgan fingerprint density at radius 3 is 2.80 bits per heavy atom. The smallest absolute Gasteiger partial charge is 0.335 e. The van der Waals surface area contributed by atoms with Gasteiger partial charge in [0.1, 0.15) is 4.64 Å². The number of aromatic nitrogens is 1. The van der Waals surface area contributed by atoms with E-state index in [1.54, 1.807) is 12.3 Å². The van der Waals surface area contributed by atoms with Gasteiger partial charge in [-0.25, -0.2) is 4.79 Å². The van der Waals surface area contributed by atoms with E-state index in [0.717, 1.165) is 18.8 Å². The van der Waals surface area contributed by atoms with E-state index < -0.39 is 0 Å². The second-order valence-corrected chi connectivity index (χ2v) is 6.44. The molecule has 1 heterocycles. The van der Waals surface area contributed by atoms with Crippen molar-refractivity contribution >= 4 is 18.2 Å². The van der Waals surface area contributed by atoms with E-state index >= 15 is 0 Å². The van der Waals surface area contributed by atoms with Crippen molar-refractivity contribution in [3.8, 4) is 0 Å². The molecule has 2 aliphatic rings. The molecule has 0 radical (unpaired) electrons. The summed E-state index contributed by atoms with van der Waals surface area (Å²) in [7, 11) is 0. The third kappa shape index (κ3) is 2.80. The average Bonchev–Trinajstić information content (AvgIpc) is 2.49. The summed E-state index contributed by atoms with van der Waals surface area (Å²) in [5.74, 6) is 1.24. The second-order valence-electron chi connectivity index (χ2n) is 6.02. The van der Waals surface area contributed by atoms with Crippen molar-refractivity contribution in [2.75, 3.05) is 0 Å². The number of pyridine rings is 1. The SMILES string of the molecule is O=C(On1ccccc1=S)C1CCC[C@@H]2CCCC[C@H]12. The molecule has 2 aliphatic carbocycles. The zero-order valence-corrected chi connectivity index (χ0v) is 12.5. The Labute approximate surface area is 124 Å². The zero-order chi connectivity index (χ0) is 13.9. The summed E-state index contributed by atoms with van der Waals surface area (Å²) in [5.41, 5.74) is 0. The van der Waals surface area contributed by atoms with Crippen LogP contribution in [0.15, 0.2) is 24.4 Å². The molecule has 108 valence electrons. The van der Waals surface area contributed by atoms with E-state index in [2.05, 4.69) is 0 Å². The van der Waals surface area contributed by atoms with E-state index in [-0.39, 0.29) is 11.9 Å². The molecule has 0 saturated heterocycles. The van der Waals surface area contributed by atoms with Crippen LogP contribution in [0.1, 0.15) is 44.9 Å². The monoisotopic (exact) mass is 291 g/mol.